The van der Waals surface area contributed by atoms with Crippen LogP contribution in [0.3, 0.4) is 0 Å². The summed E-state index contributed by atoms with van der Waals surface area (Å²) < 4.78 is 5.49. The highest BCUT2D eigenvalue weighted by molar-refractivity contribution is 5.50. The average Bonchev–Trinajstić information content (AvgIpc) is 2.76. The van der Waals surface area contributed by atoms with Gasteiger partial charge in [-0.25, -0.2) is 9.97 Å². The molecule has 0 spiro atoms. The van der Waals surface area contributed by atoms with Crippen LogP contribution >= 0.6 is 0 Å². The average molecular weight is 232 g/mol. The van der Waals surface area contributed by atoms with Crippen molar-refractivity contribution in [2.24, 2.45) is 0 Å². The molecule has 3 N–H and O–H groups in total. The number of nitrogens with two attached hydrogens (primary N) is 1. The van der Waals surface area contributed by atoms with E-state index >= 15 is 0 Å². The highest BCUT2D eigenvalue weighted by Crippen LogP contribution is 2.15. The van der Waals surface area contributed by atoms with Crippen molar-refractivity contribution >= 4 is 11.5 Å². The normalized spacial score (nSPS) is 10.5. The molecule has 0 aliphatic carbocycles. The number of aryl methyl sites for hydroxylation is 2. The zero-order valence-electron chi connectivity index (χ0n) is 10.0. The molecule has 0 aromatic carbocycles. The zero-order valence-corrected chi connectivity index (χ0v) is 10.0. The van der Waals surface area contributed by atoms with E-state index in [1.807, 2.05) is 19.9 Å². The number of anilines is 2. The van der Waals surface area contributed by atoms with Gasteiger partial charge in [0.05, 0.1) is 24.6 Å². The minimum absolute atomic E-state index is 0.526. The van der Waals surface area contributed by atoms with Gasteiger partial charge in [0.1, 0.15) is 11.6 Å². The second kappa shape index (κ2) is 4.86. The van der Waals surface area contributed by atoms with Gasteiger partial charge in [0.25, 0.3) is 0 Å². The van der Waals surface area contributed by atoms with Crippen LogP contribution < -0.4 is 11.1 Å². The number of rotatable bonds is 4. The van der Waals surface area contributed by atoms with E-state index < -0.39 is 0 Å². The first-order chi connectivity index (χ1) is 8.19. The minimum Gasteiger partial charge on any atom is -0.444 e. The van der Waals surface area contributed by atoms with Crippen molar-refractivity contribution in [1.29, 1.82) is 0 Å². The van der Waals surface area contributed by atoms with E-state index in [2.05, 4.69) is 15.3 Å². The molecular formula is C12H16N4O. The quantitative estimate of drug-likeness (QED) is 0.844. The molecule has 0 unspecified atom stereocenters. The third-order valence-electron chi connectivity index (χ3n) is 2.46. The van der Waals surface area contributed by atoms with Crippen LogP contribution in [0.25, 0.3) is 0 Å². The lowest BCUT2D eigenvalue weighted by Crippen LogP contribution is -2.04. The van der Waals surface area contributed by atoms with Crippen molar-refractivity contribution in [1.82, 2.24) is 9.97 Å². The molecule has 0 aliphatic rings. The number of pyridine rings is 1. The molecule has 0 saturated heterocycles. The van der Waals surface area contributed by atoms with E-state index in [9.17, 15) is 0 Å². The van der Waals surface area contributed by atoms with Crippen molar-refractivity contribution in [3.05, 3.63) is 35.7 Å². The Morgan fingerprint density at radius 1 is 1.35 bits per heavy atom. The Labute approximate surface area is 100 Å². The van der Waals surface area contributed by atoms with Gasteiger partial charge in [0.2, 0.25) is 5.89 Å². The number of oxazole rings is 1. The van der Waals surface area contributed by atoms with Gasteiger partial charge < -0.3 is 15.5 Å². The molecule has 0 atom stereocenters. The van der Waals surface area contributed by atoms with Crippen LogP contribution in [-0.4, -0.2) is 9.97 Å². The van der Waals surface area contributed by atoms with E-state index in [1.165, 1.54) is 0 Å². The van der Waals surface area contributed by atoms with Gasteiger partial charge >= 0.3 is 0 Å². The Balaban J connectivity index is 2.02. The van der Waals surface area contributed by atoms with Crippen molar-refractivity contribution in [2.45, 2.75) is 26.8 Å². The van der Waals surface area contributed by atoms with Crippen LogP contribution in [-0.2, 0) is 13.0 Å². The lowest BCUT2D eigenvalue weighted by atomic mass is 10.2. The van der Waals surface area contributed by atoms with E-state index in [0.717, 1.165) is 23.6 Å². The largest absolute Gasteiger partial charge is 0.444 e. The number of hydrogen-bond donors (Lipinski definition) is 2. The lowest BCUT2D eigenvalue weighted by Gasteiger charge is -2.06. The predicted molar refractivity (Wildman–Crippen MR) is 66.6 cm³/mol. The number of aromatic nitrogens is 2. The van der Waals surface area contributed by atoms with Crippen LogP contribution in [0.2, 0.25) is 0 Å². The third kappa shape index (κ3) is 2.75. The topological polar surface area (TPSA) is 77.0 Å². The van der Waals surface area contributed by atoms with Crippen LogP contribution in [0, 0.1) is 6.92 Å². The Kier molecular flexibility index (Phi) is 3.27. The van der Waals surface area contributed by atoms with E-state index in [0.29, 0.717) is 18.1 Å². The second-order valence-corrected chi connectivity index (χ2v) is 3.86. The second-order valence-electron chi connectivity index (χ2n) is 3.86. The predicted octanol–water partition coefficient (Wildman–Crippen LogP) is 2.13. The Morgan fingerprint density at radius 3 is 2.82 bits per heavy atom. The Hall–Kier alpha value is -2.04. The van der Waals surface area contributed by atoms with Crippen LogP contribution in [0.15, 0.2) is 22.9 Å². The molecule has 90 valence electrons. The summed E-state index contributed by atoms with van der Waals surface area (Å²) in [7, 11) is 0. The van der Waals surface area contributed by atoms with Crippen molar-refractivity contribution < 1.29 is 4.42 Å². The number of hydrogen-bond acceptors (Lipinski definition) is 5. The van der Waals surface area contributed by atoms with Gasteiger partial charge in [-0.1, -0.05) is 6.92 Å². The van der Waals surface area contributed by atoms with Crippen molar-refractivity contribution in [2.75, 3.05) is 11.1 Å². The summed E-state index contributed by atoms with van der Waals surface area (Å²) in [5, 5.41) is 3.17. The maximum absolute atomic E-state index is 5.63. The van der Waals surface area contributed by atoms with E-state index in [1.54, 1.807) is 12.4 Å². The molecule has 5 nitrogen and oxygen atoms in total. The van der Waals surface area contributed by atoms with Crippen molar-refractivity contribution in [3.8, 4) is 0 Å². The SMILES string of the molecule is CCc1cnc(CNc2ncc(N)cc2C)o1. The Morgan fingerprint density at radius 2 is 2.18 bits per heavy atom. The van der Waals surface area contributed by atoms with Crippen LogP contribution in [0.1, 0.15) is 24.1 Å². The first-order valence-corrected chi connectivity index (χ1v) is 5.58. The zero-order chi connectivity index (χ0) is 12.3. The minimum atomic E-state index is 0.526. The van der Waals surface area contributed by atoms with Gasteiger partial charge in [-0.3, -0.25) is 0 Å². The summed E-state index contributed by atoms with van der Waals surface area (Å²) in [4.78, 5) is 8.38. The molecular weight excluding hydrogens is 216 g/mol. The first-order valence-electron chi connectivity index (χ1n) is 5.58. The summed E-state index contributed by atoms with van der Waals surface area (Å²) in [5.74, 6) is 2.36. The monoisotopic (exact) mass is 232 g/mol. The summed E-state index contributed by atoms with van der Waals surface area (Å²) in [6.07, 6.45) is 4.23. The molecule has 0 fully saturated rings. The standard InChI is InChI=1S/C12H16N4O/c1-3-10-6-14-11(17-10)7-16-12-8(2)4-9(13)5-15-12/h4-6H,3,7,13H2,1-2H3,(H,15,16). The fourth-order valence-corrected chi connectivity index (χ4v) is 1.53. The summed E-state index contributed by atoms with van der Waals surface area (Å²) in [6.45, 7) is 4.51. The van der Waals surface area contributed by atoms with E-state index in [-0.39, 0.29) is 0 Å². The molecule has 17 heavy (non-hydrogen) atoms. The van der Waals surface area contributed by atoms with Crippen LogP contribution in [0.5, 0.6) is 0 Å². The molecule has 2 heterocycles. The van der Waals surface area contributed by atoms with Gasteiger partial charge in [-0.15, -0.1) is 0 Å². The molecule has 2 rings (SSSR count). The maximum atomic E-state index is 5.63. The molecule has 2 aromatic rings. The van der Waals surface area contributed by atoms with Gasteiger partial charge in [-0.2, -0.15) is 0 Å². The highest BCUT2D eigenvalue weighted by atomic mass is 16.4. The fourth-order valence-electron chi connectivity index (χ4n) is 1.53. The molecule has 0 amide bonds. The van der Waals surface area contributed by atoms with Crippen LogP contribution in [0.4, 0.5) is 11.5 Å². The van der Waals surface area contributed by atoms with Gasteiger partial charge in [0, 0.05) is 6.42 Å². The molecule has 5 heteroatoms. The maximum Gasteiger partial charge on any atom is 0.213 e. The molecule has 0 radical (unpaired) electrons. The van der Waals surface area contributed by atoms with Crippen molar-refractivity contribution in [3.63, 3.8) is 0 Å². The fraction of sp³-hybridized carbons (Fsp3) is 0.333. The summed E-state index contributed by atoms with van der Waals surface area (Å²) in [5.41, 5.74) is 7.31. The molecule has 0 bridgehead atoms. The van der Waals surface area contributed by atoms with Gasteiger partial charge in [-0.05, 0) is 18.6 Å². The lowest BCUT2D eigenvalue weighted by molar-refractivity contribution is 0.465. The number of nitrogens with zero attached hydrogens (tertiary/aromatic N) is 2. The number of nitrogen functional groups attached to an aromatic ring is 1. The molecule has 2 aromatic heterocycles. The first kappa shape index (κ1) is 11.4. The highest BCUT2D eigenvalue weighted by Gasteiger charge is 2.04. The Bertz CT molecular complexity index is 507. The number of nitrogens with one attached hydrogen (secondary N) is 1. The van der Waals surface area contributed by atoms with E-state index in [4.69, 9.17) is 10.2 Å². The third-order valence-corrected chi connectivity index (χ3v) is 2.46. The summed E-state index contributed by atoms with van der Waals surface area (Å²) >= 11 is 0. The smallest absolute Gasteiger partial charge is 0.213 e. The summed E-state index contributed by atoms with van der Waals surface area (Å²) in [6, 6.07) is 1.88. The molecule has 0 saturated carbocycles. The molecule has 0 aliphatic heterocycles. The van der Waals surface area contributed by atoms with Gasteiger partial charge in [0.15, 0.2) is 0 Å².